The summed E-state index contributed by atoms with van der Waals surface area (Å²) in [5, 5.41) is 0.177. The number of pyridine rings is 1. The maximum absolute atomic E-state index is 11.1. The summed E-state index contributed by atoms with van der Waals surface area (Å²) in [6.07, 6.45) is 2.33. The molecule has 0 atom stereocenters. The number of halogens is 1. The molecular weight excluding hydrogens is 270 g/mol. The van der Waals surface area contributed by atoms with Crippen LogP contribution in [0.3, 0.4) is 0 Å². The minimum Gasteiger partial charge on any atom is -0.293 e. The van der Waals surface area contributed by atoms with E-state index in [-0.39, 0.29) is 16.1 Å². The number of nitrogens with zero attached hydrogens (tertiary/aromatic N) is 1. The first-order valence-electron chi connectivity index (χ1n) is 3.70. The average Bonchev–Trinajstić information content (AvgIpc) is 2.15. The lowest BCUT2D eigenvalue weighted by atomic mass is 10.2. The van der Waals surface area contributed by atoms with Gasteiger partial charge < -0.3 is 0 Å². The van der Waals surface area contributed by atoms with Gasteiger partial charge in [-0.3, -0.25) is 4.79 Å². The molecule has 1 rings (SSSR count). The van der Waals surface area contributed by atoms with Crippen LogP contribution in [-0.4, -0.2) is 30.8 Å². The van der Waals surface area contributed by atoms with Gasteiger partial charge in [0.15, 0.2) is 20.6 Å². The van der Waals surface area contributed by atoms with Crippen molar-refractivity contribution in [3.8, 4) is 0 Å². The van der Waals surface area contributed by atoms with Crippen molar-refractivity contribution in [2.24, 2.45) is 0 Å². The smallest absolute Gasteiger partial charge is 0.192 e. The van der Waals surface area contributed by atoms with Gasteiger partial charge in [-0.25, -0.2) is 13.4 Å². The topological polar surface area (TPSA) is 64.1 Å². The minimum atomic E-state index is -3.29. The Balaban J connectivity index is 3.07. The number of sulfone groups is 1. The average molecular weight is 278 g/mol. The van der Waals surface area contributed by atoms with Crippen LogP contribution in [0.4, 0.5) is 0 Å². The monoisotopic (exact) mass is 277 g/mol. The number of hydrogen-bond acceptors (Lipinski definition) is 4. The van der Waals surface area contributed by atoms with Crippen molar-refractivity contribution in [2.75, 3.05) is 11.6 Å². The van der Waals surface area contributed by atoms with E-state index in [0.29, 0.717) is 5.56 Å². The summed E-state index contributed by atoms with van der Waals surface area (Å²) >= 11 is 3.01. The van der Waals surface area contributed by atoms with Crippen LogP contribution >= 0.6 is 15.9 Å². The van der Waals surface area contributed by atoms with E-state index in [0.717, 1.165) is 6.26 Å². The molecule has 1 heterocycles. The molecule has 76 valence electrons. The largest absolute Gasteiger partial charge is 0.293 e. The van der Waals surface area contributed by atoms with Crippen LogP contribution in [0.1, 0.15) is 10.4 Å². The Morgan fingerprint density at radius 2 is 2.14 bits per heavy atom. The molecule has 0 unspecified atom stereocenters. The number of carbonyl (C=O) groups excluding carboxylic acids is 1. The first kappa shape index (κ1) is 11.3. The lowest BCUT2D eigenvalue weighted by molar-refractivity contribution is 0.102. The Labute approximate surface area is 90.4 Å². The molecule has 0 amide bonds. The number of alkyl halides is 1. The maximum Gasteiger partial charge on any atom is 0.192 e. The van der Waals surface area contributed by atoms with Crippen LogP contribution in [0, 0.1) is 0 Å². The van der Waals surface area contributed by atoms with Crippen molar-refractivity contribution in [3.05, 3.63) is 23.9 Å². The molecule has 1 aromatic rings. The van der Waals surface area contributed by atoms with Crippen LogP contribution < -0.4 is 0 Å². The molecule has 0 saturated heterocycles. The Morgan fingerprint density at radius 3 is 2.50 bits per heavy atom. The zero-order valence-electron chi connectivity index (χ0n) is 7.40. The Kier molecular flexibility index (Phi) is 3.38. The lowest BCUT2D eigenvalue weighted by Gasteiger charge is -1.98. The molecule has 0 aliphatic heterocycles. The van der Waals surface area contributed by atoms with Crippen molar-refractivity contribution >= 4 is 31.6 Å². The van der Waals surface area contributed by atoms with E-state index >= 15 is 0 Å². The number of carbonyl (C=O) groups is 1. The number of hydrogen-bond donors (Lipinski definition) is 0. The van der Waals surface area contributed by atoms with Crippen LogP contribution in [0.25, 0.3) is 0 Å². The van der Waals surface area contributed by atoms with E-state index < -0.39 is 9.84 Å². The lowest BCUT2D eigenvalue weighted by Crippen LogP contribution is -2.04. The first-order chi connectivity index (χ1) is 6.45. The van der Waals surface area contributed by atoms with Gasteiger partial charge in [-0.05, 0) is 12.1 Å². The Hall–Kier alpha value is -0.750. The number of Topliss-reactive ketones (excluding diaryl/α,β-unsaturated/α-hetero) is 1. The summed E-state index contributed by atoms with van der Waals surface area (Å²) in [6.45, 7) is 0. The van der Waals surface area contributed by atoms with Gasteiger partial charge in [0.05, 0.1) is 5.33 Å². The van der Waals surface area contributed by atoms with Gasteiger partial charge in [0.2, 0.25) is 0 Å². The van der Waals surface area contributed by atoms with E-state index in [2.05, 4.69) is 20.9 Å². The van der Waals surface area contributed by atoms with Crippen molar-refractivity contribution in [1.82, 2.24) is 4.98 Å². The first-order valence-corrected chi connectivity index (χ1v) is 6.71. The van der Waals surface area contributed by atoms with Crippen LogP contribution in [0.15, 0.2) is 23.4 Å². The third kappa shape index (κ3) is 2.62. The standard InChI is InChI=1S/C8H8BrNO3S/c1-14(12,13)8-3-2-6(5-10-8)7(11)4-9/h2-3,5H,4H2,1H3. The fourth-order valence-corrected chi connectivity index (χ4v) is 1.72. The molecule has 0 N–H and O–H groups in total. The van der Waals surface area contributed by atoms with Gasteiger partial charge >= 0.3 is 0 Å². The normalized spacial score (nSPS) is 11.3. The van der Waals surface area contributed by atoms with E-state index in [1.165, 1.54) is 18.3 Å². The molecule has 14 heavy (non-hydrogen) atoms. The SMILES string of the molecule is CS(=O)(=O)c1ccc(C(=O)CBr)cn1. The maximum atomic E-state index is 11.1. The van der Waals surface area contributed by atoms with E-state index in [1.54, 1.807) is 0 Å². The zero-order chi connectivity index (χ0) is 10.8. The van der Waals surface area contributed by atoms with Crippen LogP contribution in [0.5, 0.6) is 0 Å². The summed E-state index contributed by atoms with van der Waals surface area (Å²) in [7, 11) is -3.29. The second kappa shape index (κ2) is 4.18. The van der Waals surface area contributed by atoms with Crippen molar-refractivity contribution in [1.29, 1.82) is 0 Å². The summed E-state index contributed by atoms with van der Waals surface area (Å²) in [5.74, 6) is -0.127. The fourth-order valence-electron chi connectivity index (χ4n) is 0.842. The molecule has 6 heteroatoms. The van der Waals surface area contributed by atoms with E-state index in [9.17, 15) is 13.2 Å². The number of rotatable bonds is 3. The van der Waals surface area contributed by atoms with Gasteiger partial charge in [-0.2, -0.15) is 0 Å². The van der Waals surface area contributed by atoms with Gasteiger partial charge in [0.25, 0.3) is 0 Å². The molecule has 0 fully saturated rings. The van der Waals surface area contributed by atoms with E-state index in [4.69, 9.17) is 0 Å². The molecule has 0 aliphatic rings. The van der Waals surface area contributed by atoms with Crippen molar-refractivity contribution in [3.63, 3.8) is 0 Å². The summed E-state index contributed by atoms with van der Waals surface area (Å²) in [4.78, 5) is 14.8. The second-order valence-electron chi connectivity index (χ2n) is 2.71. The second-order valence-corrected chi connectivity index (χ2v) is 5.24. The molecule has 0 radical (unpaired) electrons. The molecule has 0 spiro atoms. The van der Waals surface area contributed by atoms with Crippen LogP contribution in [-0.2, 0) is 9.84 Å². The zero-order valence-corrected chi connectivity index (χ0v) is 9.80. The van der Waals surface area contributed by atoms with Crippen molar-refractivity contribution < 1.29 is 13.2 Å². The number of ketones is 1. The highest BCUT2D eigenvalue weighted by molar-refractivity contribution is 9.09. The molecule has 4 nitrogen and oxygen atoms in total. The fraction of sp³-hybridized carbons (Fsp3) is 0.250. The quantitative estimate of drug-likeness (QED) is 0.612. The third-order valence-electron chi connectivity index (χ3n) is 1.56. The Bertz CT molecular complexity index is 438. The molecular formula is C8H8BrNO3S. The molecule has 0 aromatic carbocycles. The predicted octanol–water partition coefficient (Wildman–Crippen LogP) is 1.06. The molecule has 0 saturated carbocycles. The molecule has 0 aliphatic carbocycles. The van der Waals surface area contributed by atoms with E-state index in [1.807, 2.05) is 0 Å². The van der Waals surface area contributed by atoms with Gasteiger partial charge in [-0.1, -0.05) is 15.9 Å². The van der Waals surface area contributed by atoms with Gasteiger partial charge in [-0.15, -0.1) is 0 Å². The summed E-state index contributed by atoms with van der Waals surface area (Å²) in [6, 6.07) is 2.78. The summed E-state index contributed by atoms with van der Waals surface area (Å²) in [5.41, 5.74) is 0.397. The highest BCUT2D eigenvalue weighted by Crippen LogP contribution is 2.07. The van der Waals surface area contributed by atoms with Crippen molar-refractivity contribution in [2.45, 2.75) is 5.03 Å². The highest BCUT2D eigenvalue weighted by Gasteiger charge is 2.10. The third-order valence-corrected chi connectivity index (χ3v) is 3.07. The minimum absolute atomic E-state index is 0.0244. The molecule has 1 aromatic heterocycles. The molecule has 0 bridgehead atoms. The summed E-state index contributed by atoms with van der Waals surface area (Å²) < 4.78 is 22.1. The predicted molar refractivity (Wildman–Crippen MR) is 55.5 cm³/mol. The van der Waals surface area contributed by atoms with Crippen LogP contribution in [0.2, 0.25) is 0 Å². The highest BCUT2D eigenvalue weighted by atomic mass is 79.9. The van der Waals surface area contributed by atoms with Gasteiger partial charge in [0, 0.05) is 18.0 Å². The Morgan fingerprint density at radius 1 is 1.50 bits per heavy atom. The number of aromatic nitrogens is 1. The van der Waals surface area contributed by atoms with Gasteiger partial charge in [0.1, 0.15) is 0 Å².